The van der Waals surface area contributed by atoms with Gasteiger partial charge in [0.25, 0.3) is 0 Å². The minimum absolute atomic E-state index is 0.0648. The molecule has 0 aliphatic carbocycles. The molecular formula is C48H92O6. The number of carbonyl (C=O) groups is 3. The molecule has 320 valence electrons. The van der Waals surface area contributed by atoms with Crippen molar-refractivity contribution >= 4 is 17.9 Å². The normalized spacial score (nSPS) is 12.1. The molecule has 0 aromatic carbocycles. The van der Waals surface area contributed by atoms with Crippen molar-refractivity contribution in [1.82, 2.24) is 0 Å². The molecule has 0 rings (SSSR count). The molecule has 0 aromatic rings. The molecule has 1 atom stereocenters. The second-order valence-corrected chi connectivity index (χ2v) is 17.3. The zero-order valence-electron chi connectivity index (χ0n) is 36.8. The van der Waals surface area contributed by atoms with E-state index < -0.39 is 6.10 Å². The predicted molar refractivity (Wildman–Crippen MR) is 229 cm³/mol. The van der Waals surface area contributed by atoms with Crippen LogP contribution in [0.3, 0.4) is 0 Å². The largest absolute Gasteiger partial charge is 0.462 e. The van der Waals surface area contributed by atoms with Crippen LogP contribution in [0, 0.1) is 11.8 Å². The highest BCUT2D eigenvalue weighted by molar-refractivity contribution is 5.71. The Morgan fingerprint density at radius 2 is 0.611 bits per heavy atom. The first-order valence-corrected chi connectivity index (χ1v) is 23.7. The van der Waals surface area contributed by atoms with Gasteiger partial charge in [0.15, 0.2) is 6.10 Å². The first-order valence-electron chi connectivity index (χ1n) is 23.7. The van der Waals surface area contributed by atoms with Crippen molar-refractivity contribution in [1.29, 1.82) is 0 Å². The highest BCUT2D eigenvalue weighted by atomic mass is 16.6. The third-order valence-corrected chi connectivity index (χ3v) is 10.7. The Morgan fingerprint density at radius 1 is 0.352 bits per heavy atom. The van der Waals surface area contributed by atoms with Gasteiger partial charge in [-0.05, 0) is 31.1 Å². The van der Waals surface area contributed by atoms with Gasteiger partial charge in [0, 0.05) is 19.3 Å². The lowest BCUT2D eigenvalue weighted by Crippen LogP contribution is -2.30. The van der Waals surface area contributed by atoms with Gasteiger partial charge in [-0.1, -0.05) is 221 Å². The molecule has 0 N–H and O–H groups in total. The zero-order valence-corrected chi connectivity index (χ0v) is 36.8. The summed E-state index contributed by atoms with van der Waals surface area (Å²) in [4.78, 5) is 37.8. The van der Waals surface area contributed by atoms with Gasteiger partial charge < -0.3 is 14.2 Å². The van der Waals surface area contributed by atoms with Gasteiger partial charge in [-0.3, -0.25) is 14.4 Å². The Balaban J connectivity index is 4.33. The Kier molecular flexibility index (Phi) is 39.8. The Hall–Kier alpha value is -1.59. The van der Waals surface area contributed by atoms with E-state index >= 15 is 0 Å². The number of carbonyl (C=O) groups excluding carboxylic acids is 3. The van der Waals surface area contributed by atoms with Crippen LogP contribution in [-0.2, 0) is 28.6 Å². The van der Waals surface area contributed by atoms with Crippen LogP contribution < -0.4 is 0 Å². The first kappa shape index (κ1) is 52.4. The average Bonchev–Trinajstić information content (AvgIpc) is 3.14. The lowest BCUT2D eigenvalue weighted by atomic mass is 10.0. The van der Waals surface area contributed by atoms with Crippen molar-refractivity contribution in [3.8, 4) is 0 Å². The number of hydrogen-bond donors (Lipinski definition) is 0. The smallest absolute Gasteiger partial charge is 0.306 e. The molecule has 0 spiro atoms. The van der Waals surface area contributed by atoms with E-state index in [4.69, 9.17) is 14.2 Å². The molecule has 6 heteroatoms. The maximum atomic E-state index is 12.7. The Labute approximate surface area is 336 Å². The van der Waals surface area contributed by atoms with E-state index in [0.717, 1.165) is 69.6 Å². The van der Waals surface area contributed by atoms with E-state index in [1.165, 1.54) is 148 Å². The van der Waals surface area contributed by atoms with Gasteiger partial charge in [-0.15, -0.1) is 0 Å². The summed E-state index contributed by atoms with van der Waals surface area (Å²) in [6.45, 7) is 11.3. The number of ether oxygens (including phenoxy) is 3. The van der Waals surface area contributed by atoms with Crippen LogP contribution in [0.15, 0.2) is 0 Å². The third kappa shape index (κ3) is 41.6. The minimum atomic E-state index is -0.761. The fourth-order valence-electron chi connectivity index (χ4n) is 7.11. The summed E-state index contributed by atoms with van der Waals surface area (Å²) in [5.41, 5.74) is 0. The monoisotopic (exact) mass is 765 g/mol. The highest BCUT2D eigenvalue weighted by Crippen LogP contribution is 2.17. The van der Waals surface area contributed by atoms with E-state index in [0.29, 0.717) is 19.3 Å². The molecule has 54 heavy (non-hydrogen) atoms. The lowest BCUT2D eigenvalue weighted by molar-refractivity contribution is -0.167. The SMILES string of the molecule is CCCCCCCCCCCCCCC(=O)OC[C@@H](COC(=O)CCCCCCCCCCCCC(C)C)OC(=O)CCCCCCCCCCC(C)C. The van der Waals surface area contributed by atoms with Crippen molar-refractivity contribution < 1.29 is 28.6 Å². The molecule has 0 saturated carbocycles. The fourth-order valence-corrected chi connectivity index (χ4v) is 7.11. The maximum absolute atomic E-state index is 12.7. The quantitative estimate of drug-likeness (QED) is 0.0350. The molecule has 0 radical (unpaired) electrons. The van der Waals surface area contributed by atoms with Crippen LogP contribution in [0.5, 0.6) is 0 Å². The summed E-state index contributed by atoms with van der Waals surface area (Å²) in [6, 6.07) is 0. The van der Waals surface area contributed by atoms with E-state index in [1.807, 2.05) is 0 Å². The Bertz CT molecular complexity index is 824. The molecule has 0 amide bonds. The summed E-state index contributed by atoms with van der Waals surface area (Å²) in [6.07, 6.45) is 39.5. The van der Waals surface area contributed by atoms with E-state index in [-0.39, 0.29) is 31.1 Å². The molecule has 0 aliphatic heterocycles. The summed E-state index contributed by atoms with van der Waals surface area (Å²) in [7, 11) is 0. The van der Waals surface area contributed by atoms with Crippen molar-refractivity contribution in [2.75, 3.05) is 13.2 Å². The number of esters is 3. The standard InChI is InChI=1S/C48H92O6/c1-6-7-8-9-10-11-12-13-17-23-28-33-38-46(49)52-41-45(54-48(51)40-35-30-25-20-19-22-27-32-37-44(4)5)42-53-47(50)39-34-29-24-18-15-14-16-21-26-31-36-43(2)3/h43-45H,6-42H2,1-5H3/t45-/m0/s1. The highest BCUT2D eigenvalue weighted by Gasteiger charge is 2.19. The molecule has 0 unspecified atom stereocenters. The van der Waals surface area contributed by atoms with E-state index in [9.17, 15) is 14.4 Å². The van der Waals surface area contributed by atoms with Gasteiger partial charge in [-0.25, -0.2) is 0 Å². The molecule has 6 nitrogen and oxygen atoms in total. The number of unbranched alkanes of at least 4 members (excludes halogenated alkanes) is 27. The van der Waals surface area contributed by atoms with Crippen molar-refractivity contribution in [3.63, 3.8) is 0 Å². The summed E-state index contributed by atoms with van der Waals surface area (Å²) in [5.74, 6) is 0.755. The van der Waals surface area contributed by atoms with Gasteiger partial charge in [-0.2, -0.15) is 0 Å². The molecule has 0 heterocycles. The van der Waals surface area contributed by atoms with Gasteiger partial charge in [0.05, 0.1) is 0 Å². The van der Waals surface area contributed by atoms with Gasteiger partial charge in [0.2, 0.25) is 0 Å². The predicted octanol–water partition coefficient (Wildman–Crippen LogP) is 15.0. The molecule has 0 saturated heterocycles. The number of rotatable bonds is 42. The average molecular weight is 765 g/mol. The van der Waals surface area contributed by atoms with E-state index in [1.54, 1.807) is 0 Å². The van der Waals surface area contributed by atoms with Crippen molar-refractivity contribution in [2.24, 2.45) is 11.8 Å². The zero-order chi connectivity index (χ0) is 39.7. The van der Waals surface area contributed by atoms with Gasteiger partial charge in [0.1, 0.15) is 13.2 Å². The summed E-state index contributed by atoms with van der Waals surface area (Å²) < 4.78 is 16.7. The topological polar surface area (TPSA) is 78.9 Å². The van der Waals surface area contributed by atoms with Crippen LogP contribution in [0.2, 0.25) is 0 Å². The van der Waals surface area contributed by atoms with Crippen LogP contribution >= 0.6 is 0 Å². The van der Waals surface area contributed by atoms with Crippen LogP contribution in [0.1, 0.15) is 259 Å². The maximum Gasteiger partial charge on any atom is 0.306 e. The second kappa shape index (κ2) is 41.1. The van der Waals surface area contributed by atoms with Gasteiger partial charge >= 0.3 is 17.9 Å². The van der Waals surface area contributed by atoms with Crippen molar-refractivity contribution in [2.45, 2.75) is 265 Å². The van der Waals surface area contributed by atoms with Crippen molar-refractivity contribution in [3.05, 3.63) is 0 Å². The second-order valence-electron chi connectivity index (χ2n) is 17.3. The van der Waals surface area contributed by atoms with Crippen LogP contribution in [-0.4, -0.2) is 37.2 Å². The summed E-state index contributed by atoms with van der Waals surface area (Å²) in [5, 5.41) is 0. The first-order chi connectivity index (χ1) is 26.2. The minimum Gasteiger partial charge on any atom is -0.462 e. The molecule has 0 aliphatic rings. The van der Waals surface area contributed by atoms with Crippen LogP contribution in [0.4, 0.5) is 0 Å². The lowest BCUT2D eigenvalue weighted by Gasteiger charge is -2.18. The van der Waals surface area contributed by atoms with E-state index in [2.05, 4.69) is 34.6 Å². The van der Waals surface area contributed by atoms with Crippen LogP contribution in [0.25, 0.3) is 0 Å². The molecule has 0 aromatic heterocycles. The fraction of sp³-hybridized carbons (Fsp3) is 0.938. The number of hydrogen-bond acceptors (Lipinski definition) is 6. The summed E-state index contributed by atoms with van der Waals surface area (Å²) >= 11 is 0. The third-order valence-electron chi connectivity index (χ3n) is 10.7. The molecule has 0 fully saturated rings. The Morgan fingerprint density at radius 3 is 0.907 bits per heavy atom. The molecular weight excluding hydrogens is 673 g/mol. The molecule has 0 bridgehead atoms.